The highest BCUT2D eigenvalue weighted by Gasteiger charge is 2.30. The number of rotatable bonds is 8. The number of nitrogens with one attached hydrogen (secondary N) is 2. The molecule has 0 atom stereocenters. The van der Waals surface area contributed by atoms with Crippen molar-refractivity contribution in [3.05, 3.63) is 35.9 Å². The summed E-state index contributed by atoms with van der Waals surface area (Å²) in [5, 5.41) is 7.00. The van der Waals surface area contributed by atoms with Crippen molar-refractivity contribution in [2.75, 3.05) is 32.4 Å². The molecule has 158 valence electrons. The highest BCUT2D eigenvalue weighted by Crippen LogP contribution is 2.30. The van der Waals surface area contributed by atoms with Crippen LogP contribution in [0.25, 0.3) is 0 Å². The van der Waals surface area contributed by atoms with E-state index in [0.717, 1.165) is 38.2 Å². The van der Waals surface area contributed by atoms with Crippen molar-refractivity contribution in [2.45, 2.75) is 57.9 Å². The van der Waals surface area contributed by atoms with Crippen LogP contribution >= 0.6 is 0 Å². The van der Waals surface area contributed by atoms with E-state index in [1.165, 1.54) is 5.56 Å². The fourth-order valence-electron chi connectivity index (χ4n) is 3.90. The van der Waals surface area contributed by atoms with Gasteiger partial charge in [-0.2, -0.15) is 0 Å². The Hall–Kier alpha value is -1.60. The lowest BCUT2D eigenvalue weighted by Gasteiger charge is -2.35. The Bertz CT molecular complexity index is 722. The molecule has 0 radical (unpaired) electrons. The van der Waals surface area contributed by atoms with Gasteiger partial charge in [-0.15, -0.1) is 0 Å². The maximum absolute atomic E-state index is 12.0. The number of hydrogen-bond donors (Lipinski definition) is 2. The van der Waals surface area contributed by atoms with Crippen molar-refractivity contribution in [3.8, 4) is 0 Å². The van der Waals surface area contributed by atoms with Gasteiger partial charge in [-0.05, 0) is 38.2 Å². The van der Waals surface area contributed by atoms with Crippen molar-refractivity contribution in [1.82, 2.24) is 14.9 Å². The number of nitrogens with zero attached hydrogens (tertiary/aromatic N) is 2. The Labute approximate surface area is 170 Å². The molecule has 0 spiro atoms. The van der Waals surface area contributed by atoms with Gasteiger partial charge in [0.1, 0.15) is 0 Å². The molecule has 1 saturated heterocycles. The second-order valence-corrected chi connectivity index (χ2v) is 9.76. The molecule has 0 unspecified atom stereocenters. The summed E-state index contributed by atoms with van der Waals surface area (Å²) >= 11 is 0. The zero-order chi connectivity index (χ0) is 20.6. The first-order valence-corrected chi connectivity index (χ1v) is 12.0. The first kappa shape index (κ1) is 22.7. The molecule has 1 aromatic carbocycles. The van der Waals surface area contributed by atoms with Gasteiger partial charge in [-0.25, -0.2) is 12.7 Å². The molecule has 0 saturated carbocycles. The average Bonchev–Trinajstić information content (AvgIpc) is 2.75. The number of hydrogen-bond acceptors (Lipinski definition) is 3. The lowest BCUT2D eigenvalue weighted by molar-refractivity contribution is 0.305. The number of sulfonamides is 1. The predicted octanol–water partition coefficient (Wildman–Crippen LogP) is 2.72. The molecule has 7 heteroatoms. The summed E-state index contributed by atoms with van der Waals surface area (Å²) in [5.41, 5.74) is 1.42. The average molecular weight is 409 g/mol. The maximum Gasteiger partial charge on any atom is 0.213 e. The highest BCUT2D eigenvalue weighted by atomic mass is 32.2. The summed E-state index contributed by atoms with van der Waals surface area (Å²) in [6.45, 7) is 8.13. The summed E-state index contributed by atoms with van der Waals surface area (Å²) in [6.07, 6.45) is 3.69. The molecule has 6 nitrogen and oxygen atoms in total. The lowest BCUT2D eigenvalue weighted by Crippen LogP contribution is -2.52. The Morgan fingerprint density at radius 2 is 1.75 bits per heavy atom. The van der Waals surface area contributed by atoms with Gasteiger partial charge in [-0.1, -0.05) is 44.2 Å². The zero-order valence-electron chi connectivity index (χ0n) is 17.7. The van der Waals surface area contributed by atoms with Crippen LogP contribution in [0.4, 0.5) is 0 Å². The molecule has 0 aliphatic carbocycles. The van der Waals surface area contributed by atoms with Crippen LogP contribution in [0.1, 0.15) is 52.0 Å². The quantitative estimate of drug-likeness (QED) is 0.512. The van der Waals surface area contributed by atoms with E-state index in [0.29, 0.717) is 13.1 Å². The van der Waals surface area contributed by atoms with E-state index < -0.39 is 10.0 Å². The minimum absolute atomic E-state index is 0.0669. The third kappa shape index (κ3) is 5.47. The van der Waals surface area contributed by atoms with Crippen LogP contribution in [-0.2, 0) is 15.4 Å². The van der Waals surface area contributed by atoms with Crippen LogP contribution in [0, 0.1) is 0 Å². The SMILES string of the molecule is CCC(CC)(CNC(=NC)NC1CCN(S(=O)(=O)CC)CC1)c1ccccc1. The minimum Gasteiger partial charge on any atom is -0.356 e. The topological polar surface area (TPSA) is 73.8 Å². The van der Waals surface area contributed by atoms with Crippen molar-refractivity contribution in [3.63, 3.8) is 0 Å². The first-order chi connectivity index (χ1) is 13.4. The van der Waals surface area contributed by atoms with Crippen LogP contribution in [0.2, 0.25) is 0 Å². The summed E-state index contributed by atoms with van der Waals surface area (Å²) in [4.78, 5) is 4.39. The van der Waals surface area contributed by atoms with Crippen LogP contribution in [0.15, 0.2) is 35.3 Å². The van der Waals surface area contributed by atoms with Gasteiger partial charge < -0.3 is 10.6 Å². The Balaban J connectivity index is 1.94. The second kappa shape index (κ2) is 10.3. The van der Waals surface area contributed by atoms with Gasteiger partial charge in [0, 0.05) is 38.1 Å². The molecule has 1 fully saturated rings. The lowest BCUT2D eigenvalue weighted by atomic mass is 9.76. The van der Waals surface area contributed by atoms with Crippen LogP contribution < -0.4 is 10.6 Å². The summed E-state index contributed by atoms with van der Waals surface area (Å²) in [5.74, 6) is 0.961. The monoisotopic (exact) mass is 408 g/mol. The van der Waals surface area contributed by atoms with E-state index >= 15 is 0 Å². The smallest absolute Gasteiger partial charge is 0.213 e. The molecule has 2 rings (SSSR count). The molecule has 1 aliphatic heterocycles. The summed E-state index contributed by atoms with van der Waals surface area (Å²) < 4.78 is 25.7. The van der Waals surface area contributed by atoms with Gasteiger partial charge in [0.05, 0.1) is 5.75 Å². The van der Waals surface area contributed by atoms with Gasteiger partial charge in [0.2, 0.25) is 10.0 Å². The fourth-order valence-corrected chi connectivity index (χ4v) is 5.04. The molecule has 28 heavy (non-hydrogen) atoms. The number of piperidine rings is 1. The van der Waals surface area contributed by atoms with E-state index in [-0.39, 0.29) is 17.2 Å². The first-order valence-electron chi connectivity index (χ1n) is 10.4. The van der Waals surface area contributed by atoms with Crippen LogP contribution in [0.3, 0.4) is 0 Å². The van der Waals surface area contributed by atoms with E-state index in [1.54, 1.807) is 18.3 Å². The molecule has 1 aromatic rings. The predicted molar refractivity (Wildman–Crippen MR) is 117 cm³/mol. The molecule has 1 heterocycles. The fraction of sp³-hybridized carbons (Fsp3) is 0.667. The maximum atomic E-state index is 12.0. The molecule has 0 amide bonds. The molecular formula is C21H36N4O2S. The summed E-state index contributed by atoms with van der Waals surface area (Å²) in [6, 6.07) is 10.9. The van der Waals surface area contributed by atoms with Gasteiger partial charge in [-0.3, -0.25) is 4.99 Å². The van der Waals surface area contributed by atoms with E-state index in [1.807, 2.05) is 0 Å². The van der Waals surface area contributed by atoms with E-state index in [9.17, 15) is 8.42 Å². The van der Waals surface area contributed by atoms with Crippen LogP contribution in [0.5, 0.6) is 0 Å². The molecule has 0 bridgehead atoms. The Morgan fingerprint density at radius 1 is 1.14 bits per heavy atom. The molecule has 2 N–H and O–H groups in total. The van der Waals surface area contributed by atoms with Gasteiger partial charge in [0.15, 0.2) is 5.96 Å². The molecule has 1 aliphatic rings. The minimum atomic E-state index is -3.09. The summed E-state index contributed by atoms with van der Waals surface area (Å²) in [7, 11) is -1.30. The second-order valence-electron chi connectivity index (χ2n) is 7.50. The van der Waals surface area contributed by atoms with Crippen molar-refractivity contribution in [2.24, 2.45) is 4.99 Å². The van der Waals surface area contributed by atoms with Crippen LogP contribution in [-0.4, -0.2) is 57.2 Å². The zero-order valence-corrected chi connectivity index (χ0v) is 18.6. The normalized spacial score (nSPS) is 17.5. The van der Waals surface area contributed by atoms with Crippen molar-refractivity contribution >= 4 is 16.0 Å². The largest absolute Gasteiger partial charge is 0.356 e. The Kier molecular flexibility index (Phi) is 8.31. The van der Waals surface area contributed by atoms with E-state index in [2.05, 4.69) is 59.8 Å². The van der Waals surface area contributed by atoms with Gasteiger partial charge >= 0.3 is 0 Å². The third-order valence-corrected chi connectivity index (χ3v) is 7.99. The number of benzene rings is 1. The highest BCUT2D eigenvalue weighted by molar-refractivity contribution is 7.89. The Morgan fingerprint density at radius 3 is 2.25 bits per heavy atom. The standard InChI is InChI=1S/C21H36N4O2S/c1-5-21(6-2,18-11-9-8-10-12-18)17-23-20(22-4)24-19-13-15-25(16-14-19)28(26,27)7-3/h8-12,19H,5-7,13-17H2,1-4H3,(H2,22,23,24). The molecular weight excluding hydrogens is 372 g/mol. The van der Waals surface area contributed by atoms with Gasteiger partial charge in [0.25, 0.3) is 0 Å². The third-order valence-electron chi connectivity index (χ3n) is 6.11. The van der Waals surface area contributed by atoms with Crippen molar-refractivity contribution < 1.29 is 8.42 Å². The van der Waals surface area contributed by atoms with E-state index in [4.69, 9.17) is 0 Å². The number of aliphatic imine (C=N–C) groups is 1. The van der Waals surface area contributed by atoms with Crippen molar-refractivity contribution in [1.29, 1.82) is 0 Å². The molecule has 0 aromatic heterocycles. The number of guanidine groups is 1.